The Bertz CT molecular complexity index is 426. The van der Waals surface area contributed by atoms with Crippen molar-refractivity contribution >= 4 is 0 Å². The van der Waals surface area contributed by atoms with Gasteiger partial charge >= 0.3 is 0 Å². The summed E-state index contributed by atoms with van der Waals surface area (Å²) in [4.78, 5) is 0. The van der Waals surface area contributed by atoms with E-state index >= 15 is 0 Å². The normalized spacial score (nSPS) is 13.2. The van der Waals surface area contributed by atoms with Crippen molar-refractivity contribution < 1.29 is 0 Å². The molecule has 0 radical (unpaired) electrons. The highest BCUT2D eigenvalue weighted by atomic mass is 14.2. The summed E-state index contributed by atoms with van der Waals surface area (Å²) in [5.41, 5.74) is 0. The maximum atomic E-state index is 2.36. The van der Waals surface area contributed by atoms with Gasteiger partial charge in [-0.1, -0.05) is 246 Å². The summed E-state index contributed by atoms with van der Waals surface area (Å²) < 4.78 is 0. The third-order valence-electron chi connectivity index (χ3n) is 9.85. The summed E-state index contributed by atoms with van der Waals surface area (Å²) >= 11 is 0. The summed E-state index contributed by atoms with van der Waals surface area (Å²) in [5, 5.41) is 0. The minimum absolute atomic E-state index is 1.02. The Morgan fingerprint density at radius 2 is 0.375 bits per heavy atom. The molecule has 2 unspecified atom stereocenters. The molecule has 40 heavy (non-hydrogen) atoms. The molecule has 0 saturated carbocycles. The number of hydrogen-bond donors (Lipinski definition) is 0. The van der Waals surface area contributed by atoms with E-state index in [9.17, 15) is 0 Å². The minimum atomic E-state index is 1.02. The average Bonchev–Trinajstić information content (AvgIpc) is 2.97. The van der Waals surface area contributed by atoms with Gasteiger partial charge in [-0.25, -0.2) is 0 Å². The minimum Gasteiger partial charge on any atom is -0.0654 e. The van der Waals surface area contributed by atoms with E-state index in [0.29, 0.717) is 0 Å². The lowest BCUT2D eigenvalue weighted by Crippen LogP contribution is -2.07. The molecule has 0 aliphatic heterocycles. The molecule has 0 aromatic heterocycles. The third-order valence-corrected chi connectivity index (χ3v) is 9.85. The largest absolute Gasteiger partial charge is 0.0654 e. The van der Waals surface area contributed by atoms with Crippen LogP contribution in [0.1, 0.15) is 246 Å². The van der Waals surface area contributed by atoms with Crippen molar-refractivity contribution in [3.63, 3.8) is 0 Å². The fraction of sp³-hybridized carbons (Fsp3) is 1.00. The Morgan fingerprint density at radius 1 is 0.200 bits per heavy atom. The van der Waals surface area contributed by atoms with Crippen LogP contribution in [0.4, 0.5) is 0 Å². The van der Waals surface area contributed by atoms with E-state index in [1.165, 1.54) is 205 Å². The molecule has 0 aliphatic carbocycles. The van der Waals surface area contributed by atoms with Crippen molar-refractivity contribution in [2.75, 3.05) is 0 Å². The van der Waals surface area contributed by atoms with Crippen molar-refractivity contribution in [3.8, 4) is 0 Å². The van der Waals surface area contributed by atoms with Gasteiger partial charge in [0.15, 0.2) is 0 Å². The van der Waals surface area contributed by atoms with Gasteiger partial charge in [-0.15, -0.1) is 0 Å². The van der Waals surface area contributed by atoms with Gasteiger partial charge in [-0.05, 0) is 11.8 Å². The molecule has 2 atom stereocenters. The summed E-state index contributed by atoms with van der Waals surface area (Å²) in [6.45, 7) is 9.35. The van der Waals surface area contributed by atoms with Gasteiger partial charge < -0.3 is 0 Å². The second-order valence-electron chi connectivity index (χ2n) is 13.9. The Labute approximate surface area is 257 Å². The molecule has 0 rings (SSSR count). The highest BCUT2D eigenvalue weighted by molar-refractivity contribution is 4.67. The number of rotatable bonds is 35. The molecule has 0 fully saturated rings. The molecule has 0 bridgehead atoms. The molecule has 0 amide bonds. The summed E-state index contributed by atoms with van der Waals surface area (Å²) in [5.74, 6) is 2.05. The van der Waals surface area contributed by atoms with E-state index < -0.39 is 0 Å². The molecule has 0 spiro atoms. The summed E-state index contributed by atoms with van der Waals surface area (Å²) in [6, 6.07) is 0. The zero-order valence-electron chi connectivity index (χ0n) is 29.2. The van der Waals surface area contributed by atoms with Crippen LogP contribution in [0.5, 0.6) is 0 Å². The second kappa shape index (κ2) is 35.2. The first-order valence-electron chi connectivity index (χ1n) is 19.8. The van der Waals surface area contributed by atoms with Crippen molar-refractivity contribution in [1.82, 2.24) is 0 Å². The molecular formula is C40H82. The first kappa shape index (κ1) is 40.0. The topological polar surface area (TPSA) is 0 Å². The Hall–Kier alpha value is 0. The van der Waals surface area contributed by atoms with Crippen LogP contribution in [-0.2, 0) is 0 Å². The predicted molar refractivity (Wildman–Crippen MR) is 187 cm³/mol. The van der Waals surface area contributed by atoms with Gasteiger partial charge in [0.2, 0.25) is 0 Å². The molecule has 0 heterocycles. The van der Waals surface area contributed by atoms with Crippen LogP contribution >= 0.6 is 0 Å². The van der Waals surface area contributed by atoms with Gasteiger partial charge in [0.05, 0.1) is 0 Å². The second-order valence-corrected chi connectivity index (χ2v) is 13.9. The van der Waals surface area contributed by atoms with Crippen molar-refractivity contribution in [3.05, 3.63) is 0 Å². The fourth-order valence-electron chi connectivity index (χ4n) is 6.90. The molecule has 0 saturated heterocycles. The van der Waals surface area contributed by atoms with E-state index in [1.54, 1.807) is 12.8 Å². The molecule has 0 aromatic carbocycles. The van der Waals surface area contributed by atoms with E-state index in [4.69, 9.17) is 0 Å². The zero-order valence-corrected chi connectivity index (χ0v) is 29.2. The standard InChI is InChI=1S/C40H82/c1-5-9-13-17-20-22-23-25-28-32-36-40(35-31-27-24-21-18-14-10-6-2)38-37-39(33-29-16-12-8-4)34-30-26-19-15-11-7-3/h39-40H,5-38H2,1-4H3. The lowest BCUT2D eigenvalue weighted by Gasteiger charge is -2.22. The molecule has 0 nitrogen and oxygen atoms in total. The lowest BCUT2D eigenvalue weighted by molar-refractivity contribution is 0.309. The third kappa shape index (κ3) is 30.9. The summed E-state index contributed by atoms with van der Waals surface area (Å²) in [7, 11) is 0. The molecule has 0 aromatic rings. The highest BCUT2D eigenvalue weighted by Gasteiger charge is 2.14. The van der Waals surface area contributed by atoms with Crippen molar-refractivity contribution in [2.24, 2.45) is 11.8 Å². The molecule has 0 heteroatoms. The van der Waals surface area contributed by atoms with Gasteiger partial charge in [-0.3, -0.25) is 0 Å². The molecule has 242 valence electrons. The Kier molecular flexibility index (Phi) is 35.2. The maximum Gasteiger partial charge on any atom is -0.0414 e. The fourth-order valence-corrected chi connectivity index (χ4v) is 6.90. The number of hydrogen-bond acceptors (Lipinski definition) is 0. The van der Waals surface area contributed by atoms with Crippen LogP contribution < -0.4 is 0 Å². The monoisotopic (exact) mass is 563 g/mol. The van der Waals surface area contributed by atoms with Crippen LogP contribution in [0.15, 0.2) is 0 Å². The van der Waals surface area contributed by atoms with Gasteiger partial charge in [0.25, 0.3) is 0 Å². The first-order chi connectivity index (χ1) is 19.8. The Balaban J connectivity index is 4.46. The predicted octanol–water partition coefficient (Wildman–Crippen LogP) is 15.6. The van der Waals surface area contributed by atoms with Crippen LogP contribution in [0.2, 0.25) is 0 Å². The van der Waals surface area contributed by atoms with Crippen molar-refractivity contribution in [2.45, 2.75) is 246 Å². The lowest BCUT2D eigenvalue weighted by atomic mass is 9.84. The number of unbranched alkanes of at least 4 members (excludes halogenated alkanes) is 24. The maximum absolute atomic E-state index is 2.36. The quantitative estimate of drug-likeness (QED) is 0.0674. The van der Waals surface area contributed by atoms with Crippen molar-refractivity contribution in [1.29, 1.82) is 0 Å². The SMILES string of the molecule is CCCCCCCCCCCCC(CCCCCCCCCC)CCC(CCCCCC)CCCCCCCC. The first-order valence-corrected chi connectivity index (χ1v) is 19.8. The highest BCUT2D eigenvalue weighted by Crippen LogP contribution is 2.29. The Morgan fingerprint density at radius 3 is 0.600 bits per heavy atom. The smallest absolute Gasteiger partial charge is 0.0414 e. The molecule has 0 N–H and O–H groups in total. The van der Waals surface area contributed by atoms with Gasteiger partial charge in [0, 0.05) is 0 Å². The zero-order chi connectivity index (χ0) is 29.2. The van der Waals surface area contributed by atoms with Crippen LogP contribution in [0, 0.1) is 11.8 Å². The van der Waals surface area contributed by atoms with E-state index in [1.807, 2.05) is 0 Å². The van der Waals surface area contributed by atoms with Crippen LogP contribution in [0.25, 0.3) is 0 Å². The summed E-state index contributed by atoms with van der Waals surface area (Å²) in [6.07, 6.45) is 50.3. The average molecular weight is 563 g/mol. The van der Waals surface area contributed by atoms with Gasteiger partial charge in [0.1, 0.15) is 0 Å². The van der Waals surface area contributed by atoms with E-state index in [0.717, 1.165) is 11.8 Å². The van der Waals surface area contributed by atoms with E-state index in [-0.39, 0.29) is 0 Å². The van der Waals surface area contributed by atoms with Crippen LogP contribution in [-0.4, -0.2) is 0 Å². The molecular weight excluding hydrogens is 480 g/mol. The molecule has 0 aliphatic rings. The van der Waals surface area contributed by atoms with Gasteiger partial charge in [-0.2, -0.15) is 0 Å². The van der Waals surface area contributed by atoms with Crippen LogP contribution in [0.3, 0.4) is 0 Å². The van der Waals surface area contributed by atoms with E-state index in [2.05, 4.69) is 27.7 Å².